The van der Waals surface area contributed by atoms with Gasteiger partial charge in [-0.05, 0) is 59.5 Å². The van der Waals surface area contributed by atoms with Crippen LogP contribution in [0.2, 0.25) is 5.02 Å². The summed E-state index contributed by atoms with van der Waals surface area (Å²) in [7, 11) is 0. The van der Waals surface area contributed by atoms with E-state index in [0.29, 0.717) is 41.2 Å². The first-order chi connectivity index (χ1) is 17.8. The predicted octanol–water partition coefficient (Wildman–Crippen LogP) is 5.15. The minimum absolute atomic E-state index is 0.101. The minimum Gasteiger partial charge on any atom is -0.484 e. The molecule has 1 heterocycles. The van der Waals surface area contributed by atoms with Crippen molar-refractivity contribution in [1.29, 1.82) is 0 Å². The molecule has 3 aromatic rings. The molecule has 1 fully saturated rings. The molecule has 0 aromatic heterocycles. The number of anilines is 2. The maximum absolute atomic E-state index is 12.7. The van der Waals surface area contributed by atoms with E-state index in [1.807, 2.05) is 12.1 Å². The predicted molar refractivity (Wildman–Crippen MR) is 145 cm³/mol. The quantitative estimate of drug-likeness (QED) is 0.409. The summed E-state index contributed by atoms with van der Waals surface area (Å²) >= 11 is 5.93. The molecule has 2 N–H and O–H groups in total. The van der Waals surface area contributed by atoms with E-state index in [1.165, 1.54) is 5.56 Å². The number of ether oxygens (including phenoxy) is 1. The second-order valence-corrected chi connectivity index (χ2v) is 9.80. The van der Waals surface area contributed by atoms with Gasteiger partial charge < -0.3 is 20.3 Å². The van der Waals surface area contributed by atoms with E-state index >= 15 is 0 Å². The highest BCUT2D eigenvalue weighted by Crippen LogP contribution is 2.27. The molecule has 1 aliphatic heterocycles. The van der Waals surface area contributed by atoms with Crippen LogP contribution in [-0.2, 0) is 20.9 Å². The zero-order valence-corrected chi connectivity index (χ0v) is 21.6. The van der Waals surface area contributed by atoms with Gasteiger partial charge in [0.05, 0.1) is 5.92 Å². The van der Waals surface area contributed by atoms with Crippen LogP contribution in [0.1, 0.15) is 37.3 Å². The van der Waals surface area contributed by atoms with Gasteiger partial charge in [0.1, 0.15) is 5.75 Å². The molecule has 3 aromatic carbocycles. The Morgan fingerprint density at radius 2 is 1.78 bits per heavy atom. The topological polar surface area (TPSA) is 87.7 Å². The fourth-order valence-electron chi connectivity index (χ4n) is 4.12. The molecular formula is C29H30ClN3O4. The van der Waals surface area contributed by atoms with Gasteiger partial charge in [0.15, 0.2) is 6.61 Å². The summed E-state index contributed by atoms with van der Waals surface area (Å²) in [5.41, 5.74) is 3.55. The average molecular weight is 520 g/mol. The van der Waals surface area contributed by atoms with E-state index in [0.717, 1.165) is 5.56 Å². The van der Waals surface area contributed by atoms with Gasteiger partial charge in [-0.15, -0.1) is 0 Å². The van der Waals surface area contributed by atoms with Crippen molar-refractivity contribution >= 4 is 40.7 Å². The van der Waals surface area contributed by atoms with E-state index in [1.54, 1.807) is 53.4 Å². The maximum atomic E-state index is 12.7. The van der Waals surface area contributed by atoms with E-state index in [4.69, 9.17) is 16.3 Å². The van der Waals surface area contributed by atoms with E-state index in [-0.39, 0.29) is 30.7 Å². The summed E-state index contributed by atoms with van der Waals surface area (Å²) in [6.45, 7) is 4.86. The SMILES string of the molecule is CC(C)c1ccc(CNC(=O)[C@H]2CC(=O)N(c3ccc(OCC(=O)Nc4cccc(Cl)c4)cc3)C2)cc1. The summed E-state index contributed by atoms with van der Waals surface area (Å²) in [5, 5.41) is 6.20. The number of carbonyl (C=O) groups is 3. The van der Waals surface area contributed by atoms with Crippen LogP contribution in [0.25, 0.3) is 0 Å². The molecular weight excluding hydrogens is 490 g/mol. The zero-order chi connectivity index (χ0) is 26.4. The van der Waals surface area contributed by atoms with E-state index < -0.39 is 5.92 Å². The van der Waals surface area contributed by atoms with Crippen molar-refractivity contribution in [2.24, 2.45) is 5.92 Å². The molecule has 0 bridgehead atoms. The minimum atomic E-state index is -0.409. The number of hydrogen-bond acceptors (Lipinski definition) is 4. The second kappa shape index (κ2) is 11.9. The lowest BCUT2D eigenvalue weighted by molar-refractivity contribution is -0.126. The van der Waals surface area contributed by atoms with Gasteiger partial charge >= 0.3 is 0 Å². The Morgan fingerprint density at radius 3 is 2.46 bits per heavy atom. The molecule has 0 spiro atoms. The van der Waals surface area contributed by atoms with Crippen molar-refractivity contribution in [2.75, 3.05) is 23.4 Å². The molecule has 7 nitrogen and oxygen atoms in total. The van der Waals surface area contributed by atoms with E-state index in [2.05, 4.69) is 36.6 Å². The molecule has 3 amide bonds. The monoisotopic (exact) mass is 519 g/mol. The second-order valence-electron chi connectivity index (χ2n) is 9.36. The number of halogens is 1. The lowest BCUT2D eigenvalue weighted by atomic mass is 10.0. The molecule has 37 heavy (non-hydrogen) atoms. The molecule has 192 valence electrons. The molecule has 0 unspecified atom stereocenters. The van der Waals surface area contributed by atoms with Crippen LogP contribution in [0.5, 0.6) is 5.75 Å². The fourth-order valence-corrected chi connectivity index (χ4v) is 4.31. The Balaban J connectivity index is 1.25. The number of hydrogen-bond donors (Lipinski definition) is 2. The summed E-state index contributed by atoms with van der Waals surface area (Å²) in [6.07, 6.45) is 0.167. The third kappa shape index (κ3) is 7.11. The lowest BCUT2D eigenvalue weighted by Gasteiger charge is -2.17. The number of carbonyl (C=O) groups excluding carboxylic acids is 3. The van der Waals surface area contributed by atoms with Gasteiger partial charge in [0, 0.05) is 35.9 Å². The first-order valence-electron chi connectivity index (χ1n) is 12.2. The summed E-state index contributed by atoms with van der Waals surface area (Å²) in [4.78, 5) is 39.1. The van der Waals surface area contributed by atoms with Gasteiger partial charge in [-0.2, -0.15) is 0 Å². The first kappa shape index (κ1) is 26.2. The van der Waals surface area contributed by atoms with Gasteiger partial charge in [-0.3, -0.25) is 14.4 Å². The van der Waals surface area contributed by atoms with Crippen molar-refractivity contribution in [2.45, 2.75) is 32.7 Å². The van der Waals surface area contributed by atoms with Crippen molar-refractivity contribution in [1.82, 2.24) is 5.32 Å². The Morgan fingerprint density at radius 1 is 1.05 bits per heavy atom. The third-order valence-corrected chi connectivity index (χ3v) is 6.47. The standard InChI is InChI=1S/C29H30ClN3O4/c1-19(2)21-8-6-20(7-9-21)16-31-29(36)22-14-28(35)33(17-22)25-10-12-26(13-11-25)37-18-27(34)32-24-5-3-4-23(30)15-24/h3-13,15,19,22H,14,16-18H2,1-2H3,(H,31,36)(H,32,34)/t22-/m0/s1. The molecule has 1 aliphatic rings. The highest BCUT2D eigenvalue weighted by Gasteiger charge is 2.35. The maximum Gasteiger partial charge on any atom is 0.262 e. The van der Waals surface area contributed by atoms with Crippen molar-refractivity contribution in [3.8, 4) is 5.75 Å². The molecule has 1 atom stereocenters. The van der Waals surface area contributed by atoms with Crippen molar-refractivity contribution in [3.63, 3.8) is 0 Å². The van der Waals surface area contributed by atoms with Crippen LogP contribution in [0.15, 0.2) is 72.8 Å². The Labute approximate surface area is 221 Å². The molecule has 4 rings (SSSR count). The highest BCUT2D eigenvalue weighted by atomic mass is 35.5. The van der Waals surface area contributed by atoms with Crippen LogP contribution in [-0.4, -0.2) is 30.9 Å². The van der Waals surface area contributed by atoms with Crippen LogP contribution >= 0.6 is 11.6 Å². The Bertz CT molecular complexity index is 1260. The molecule has 8 heteroatoms. The molecule has 1 saturated heterocycles. The van der Waals surface area contributed by atoms with Gasteiger partial charge in [-0.25, -0.2) is 0 Å². The third-order valence-electron chi connectivity index (χ3n) is 6.24. The number of rotatable bonds is 9. The molecule has 0 radical (unpaired) electrons. The number of nitrogens with zero attached hydrogens (tertiary/aromatic N) is 1. The van der Waals surface area contributed by atoms with Crippen LogP contribution < -0.4 is 20.3 Å². The number of benzene rings is 3. The zero-order valence-electron chi connectivity index (χ0n) is 20.9. The van der Waals surface area contributed by atoms with Crippen LogP contribution in [0.4, 0.5) is 11.4 Å². The summed E-state index contributed by atoms with van der Waals surface area (Å²) in [5.74, 6) is -0.00169. The van der Waals surface area contributed by atoms with E-state index in [9.17, 15) is 14.4 Å². The van der Waals surface area contributed by atoms with Crippen molar-refractivity contribution < 1.29 is 19.1 Å². The van der Waals surface area contributed by atoms with Crippen LogP contribution in [0, 0.1) is 5.92 Å². The first-order valence-corrected chi connectivity index (χ1v) is 12.6. The smallest absolute Gasteiger partial charge is 0.262 e. The number of nitrogens with one attached hydrogen (secondary N) is 2. The number of amides is 3. The van der Waals surface area contributed by atoms with Crippen molar-refractivity contribution in [3.05, 3.63) is 88.9 Å². The van der Waals surface area contributed by atoms with Gasteiger partial charge in [-0.1, -0.05) is 55.8 Å². The average Bonchev–Trinajstić information content (AvgIpc) is 3.28. The lowest BCUT2D eigenvalue weighted by Crippen LogP contribution is -2.32. The van der Waals surface area contributed by atoms with Gasteiger partial charge in [0.25, 0.3) is 5.91 Å². The normalized spacial score (nSPS) is 15.1. The highest BCUT2D eigenvalue weighted by molar-refractivity contribution is 6.30. The summed E-state index contributed by atoms with van der Waals surface area (Å²) < 4.78 is 5.56. The Hall–Kier alpha value is -3.84. The summed E-state index contributed by atoms with van der Waals surface area (Å²) in [6, 6.07) is 21.9. The van der Waals surface area contributed by atoms with Gasteiger partial charge in [0.2, 0.25) is 11.8 Å². The largest absolute Gasteiger partial charge is 0.484 e. The Kier molecular flexibility index (Phi) is 8.46. The molecule has 0 saturated carbocycles. The fraction of sp³-hybridized carbons (Fsp3) is 0.276. The molecule has 0 aliphatic carbocycles. The van der Waals surface area contributed by atoms with Crippen LogP contribution in [0.3, 0.4) is 0 Å².